The molecule has 2 saturated carbocycles. The number of ether oxygens (including phenoxy) is 1. The van der Waals surface area contributed by atoms with E-state index >= 15 is 0 Å². The molecule has 3 nitrogen and oxygen atoms in total. The first-order valence-electron chi connectivity index (χ1n) is 8.47. The van der Waals surface area contributed by atoms with Crippen LogP contribution in [0.15, 0.2) is 0 Å². The molecule has 3 heteroatoms. The topological polar surface area (TPSA) is 29.5 Å². The van der Waals surface area contributed by atoms with Crippen molar-refractivity contribution in [2.24, 2.45) is 17.8 Å². The van der Waals surface area contributed by atoms with Gasteiger partial charge in [0.2, 0.25) is 5.91 Å². The number of methoxy groups -OCH3 is 1. The number of nitrogens with zero attached hydrogens (tertiary/aromatic N) is 1. The minimum absolute atomic E-state index is 0.369. The van der Waals surface area contributed by atoms with Gasteiger partial charge in [-0.3, -0.25) is 4.79 Å². The van der Waals surface area contributed by atoms with E-state index in [9.17, 15) is 4.79 Å². The van der Waals surface area contributed by atoms with E-state index in [1.807, 2.05) is 0 Å². The van der Waals surface area contributed by atoms with Crippen LogP contribution >= 0.6 is 0 Å². The van der Waals surface area contributed by atoms with Crippen LogP contribution in [0.2, 0.25) is 0 Å². The zero-order valence-corrected chi connectivity index (χ0v) is 13.4. The van der Waals surface area contributed by atoms with Gasteiger partial charge in [-0.1, -0.05) is 20.3 Å². The van der Waals surface area contributed by atoms with Gasteiger partial charge in [-0.2, -0.15) is 0 Å². The lowest BCUT2D eigenvalue weighted by molar-refractivity contribution is -0.135. The SMILES string of the molecule is CCC(CC)N(CCOC)C(=O)CC1CC2CCC1C2. The van der Waals surface area contributed by atoms with E-state index in [-0.39, 0.29) is 0 Å². The van der Waals surface area contributed by atoms with Crippen molar-refractivity contribution in [1.29, 1.82) is 0 Å². The van der Waals surface area contributed by atoms with Crippen LogP contribution < -0.4 is 0 Å². The molecule has 116 valence electrons. The first-order chi connectivity index (χ1) is 9.69. The van der Waals surface area contributed by atoms with Gasteiger partial charge in [0.15, 0.2) is 0 Å². The van der Waals surface area contributed by atoms with Crippen molar-refractivity contribution in [1.82, 2.24) is 4.90 Å². The van der Waals surface area contributed by atoms with Crippen molar-refractivity contribution >= 4 is 5.91 Å². The molecule has 0 N–H and O–H groups in total. The fraction of sp³-hybridized carbons (Fsp3) is 0.941. The molecule has 2 aliphatic rings. The summed E-state index contributed by atoms with van der Waals surface area (Å²) < 4.78 is 5.19. The van der Waals surface area contributed by atoms with Gasteiger partial charge in [0.05, 0.1) is 6.61 Å². The van der Waals surface area contributed by atoms with Crippen molar-refractivity contribution in [3.05, 3.63) is 0 Å². The highest BCUT2D eigenvalue weighted by Crippen LogP contribution is 2.49. The summed E-state index contributed by atoms with van der Waals surface area (Å²) in [5, 5.41) is 0. The number of carbonyl (C=O) groups excluding carboxylic acids is 1. The molecule has 0 aromatic rings. The first-order valence-corrected chi connectivity index (χ1v) is 8.47. The van der Waals surface area contributed by atoms with Crippen LogP contribution in [0.3, 0.4) is 0 Å². The molecule has 2 aliphatic carbocycles. The fourth-order valence-corrected chi connectivity index (χ4v) is 4.40. The third-order valence-corrected chi connectivity index (χ3v) is 5.56. The molecule has 2 bridgehead atoms. The van der Waals surface area contributed by atoms with Crippen molar-refractivity contribution in [3.8, 4) is 0 Å². The molecule has 0 aliphatic heterocycles. The lowest BCUT2D eigenvalue weighted by Gasteiger charge is -2.32. The van der Waals surface area contributed by atoms with E-state index in [0.29, 0.717) is 24.5 Å². The van der Waals surface area contributed by atoms with E-state index in [1.165, 1.54) is 25.7 Å². The van der Waals surface area contributed by atoms with Crippen LogP contribution in [-0.4, -0.2) is 37.1 Å². The Labute approximate surface area is 124 Å². The molecule has 20 heavy (non-hydrogen) atoms. The van der Waals surface area contributed by atoms with E-state index in [4.69, 9.17) is 4.74 Å². The van der Waals surface area contributed by atoms with Crippen molar-refractivity contribution < 1.29 is 9.53 Å². The average molecular weight is 281 g/mol. The Morgan fingerprint density at radius 1 is 1.25 bits per heavy atom. The molecular weight excluding hydrogens is 250 g/mol. The minimum Gasteiger partial charge on any atom is -0.383 e. The maximum atomic E-state index is 12.7. The van der Waals surface area contributed by atoms with Crippen molar-refractivity contribution in [2.45, 2.75) is 64.8 Å². The second-order valence-electron chi connectivity index (χ2n) is 6.69. The van der Waals surface area contributed by atoms with Gasteiger partial charge in [-0.15, -0.1) is 0 Å². The zero-order chi connectivity index (χ0) is 14.5. The fourth-order valence-electron chi connectivity index (χ4n) is 4.40. The Kier molecular flexibility index (Phi) is 5.88. The number of amides is 1. The number of hydrogen-bond donors (Lipinski definition) is 0. The molecule has 0 aromatic carbocycles. The Bertz CT molecular complexity index is 314. The molecule has 2 fully saturated rings. The van der Waals surface area contributed by atoms with Gasteiger partial charge >= 0.3 is 0 Å². The van der Waals surface area contributed by atoms with E-state index in [1.54, 1.807) is 7.11 Å². The Morgan fingerprint density at radius 2 is 2.00 bits per heavy atom. The molecule has 3 atom stereocenters. The van der Waals surface area contributed by atoms with E-state index in [0.717, 1.165) is 37.6 Å². The molecule has 0 aromatic heterocycles. The van der Waals surface area contributed by atoms with Gasteiger partial charge in [0, 0.05) is 26.1 Å². The van der Waals surface area contributed by atoms with Gasteiger partial charge in [0.25, 0.3) is 0 Å². The monoisotopic (exact) mass is 281 g/mol. The smallest absolute Gasteiger partial charge is 0.223 e. The molecule has 2 rings (SSSR count). The van der Waals surface area contributed by atoms with Gasteiger partial charge in [-0.25, -0.2) is 0 Å². The molecule has 3 unspecified atom stereocenters. The minimum atomic E-state index is 0.369. The van der Waals surface area contributed by atoms with E-state index in [2.05, 4.69) is 18.7 Å². The third-order valence-electron chi connectivity index (χ3n) is 5.56. The summed E-state index contributed by atoms with van der Waals surface area (Å²) in [5.74, 6) is 2.81. The third kappa shape index (κ3) is 3.55. The second-order valence-corrected chi connectivity index (χ2v) is 6.69. The number of fused-ring (bicyclic) bond motifs is 2. The van der Waals surface area contributed by atoms with Gasteiger partial charge < -0.3 is 9.64 Å². The Balaban J connectivity index is 1.91. The summed E-state index contributed by atoms with van der Waals surface area (Å²) in [7, 11) is 1.71. The second kappa shape index (κ2) is 7.44. The highest BCUT2D eigenvalue weighted by molar-refractivity contribution is 5.77. The number of rotatable bonds is 8. The number of carbonyl (C=O) groups is 1. The first kappa shape index (κ1) is 15.8. The summed E-state index contributed by atoms with van der Waals surface area (Å²) in [5.41, 5.74) is 0. The van der Waals surface area contributed by atoms with Crippen LogP contribution in [0, 0.1) is 17.8 Å². The molecule has 0 saturated heterocycles. The largest absolute Gasteiger partial charge is 0.383 e. The molecule has 0 heterocycles. The van der Waals surface area contributed by atoms with Gasteiger partial charge in [0.1, 0.15) is 0 Å². The highest BCUT2D eigenvalue weighted by Gasteiger charge is 2.40. The maximum Gasteiger partial charge on any atom is 0.223 e. The molecular formula is C17H31NO2. The van der Waals surface area contributed by atoms with Crippen LogP contribution in [0.4, 0.5) is 0 Å². The van der Waals surface area contributed by atoms with Crippen molar-refractivity contribution in [3.63, 3.8) is 0 Å². The van der Waals surface area contributed by atoms with E-state index < -0.39 is 0 Å². The summed E-state index contributed by atoms with van der Waals surface area (Å²) in [4.78, 5) is 14.8. The zero-order valence-electron chi connectivity index (χ0n) is 13.4. The summed E-state index contributed by atoms with van der Waals surface area (Å²) in [6.07, 6.45) is 8.34. The van der Waals surface area contributed by atoms with Crippen LogP contribution in [-0.2, 0) is 9.53 Å². The summed E-state index contributed by atoms with van der Waals surface area (Å²) in [6.45, 7) is 5.76. The van der Waals surface area contributed by atoms with Crippen LogP contribution in [0.1, 0.15) is 58.8 Å². The Hall–Kier alpha value is -0.570. The summed E-state index contributed by atoms with van der Waals surface area (Å²) in [6, 6.07) is 0.385. The average Bonchev–Trinajstić information content (AvgIpc) is 3.05. The van der Waals surface area contributed by atoms with Crippen LogP contribution in [0.25, 0.3) is 0 Å². The van der Waals surface area contributed by atoms with Crippen molar-refractivity contribution in [2.75, 3.05) is 20.3 Å². The summed E-state index contributed by atoms with van der Waals surface area (Å²) >= 11 is 0. The normalized spacial score (nSPS) is 28.3. The predicted octanol–water partition coefficient (Wildman–Crippen LogP) is 3.48. The standard InChI is InChI=1S/C17H31NO2/c1-4-16(5-2)18(8-9-20-3)17(19)12-15-11-13-6-7-14(15)10-13/h13-16H,4-12H2,1-3H3. The molecule has 1 amide bonds. The van der Waals surface area contributed by atoms with Gasteiger partial charge in [-0.05, 0) is 49.9 Å². The number of hydrogen-bond acceptors (Lipinski definition) is 2. The molecule has 0 spiro atoms. The lowest BCUT2D eigenvalue weighted by atomic mass is 9.86. The van der Waals surface area contributed by atoms with Crippen LogP contribution in [0.5, 0.6) is 0 Å². The quantitative estimate of drug-likeness (QED) is 0.682. The lowest BCUT2D eigenvalue weighted by Crippen LogP contribution is -2.42. The Morgan fingerprint density at radius 3 is 2.50 bits per heavy atom. The molecule has 0 radical (unpaired) electrons. The maximum absolute atomic E-state index is 12.7. The predicted molar refractivity (Wildman–Crippen MR) is 81.5 cm³/mol. The highest BCUT2D eigenvalue weighted by atomic mass is 16.5.